The molecule has 3 heteroatoms. The zero-order valence-electron chi connectivity index (χ0n) is 14.0. The van der Waals surface area contributed by atoms with Gasteiger partial charge in [-0.1, -0.05) is 51.4 Å². The number of carbonyl (C=O) groups is 1. The summed E-state index contributed by atoms with van der Waals surface area (Å²) < 4.78 is 5.25. The van der Waals surface area contributed by atoms with E-state index in [9.17, 15) is 9.90 Å². The Kier molecular flexibility index (Phi) is 13.1. The van der Waals surface area contributed by atoms with Gasteiger partial charge in [-0.15, -0.1) is 0 Å². The monoisotopic (exact) mass is 304 g/mol. The van der Waals surface area contributed by atoms with E-state index in [2.05, 4.69) is 30.6 Å². The summed E-state index contributed by atoms with van der Waals surface area (Å²) in [5.41, 5.74) is 0. The molecule has 0 aliphatic heterocycles. The lowest BCUT2D eigenvalue weighted by molar-refractivity contribution is -0.144. The van der Waals surface area contributed by atoms with Crippen molar-refractivity contribution in [3.05, 3.63) is 12.2 Å². The number of esters is 1. The van der Waals surface area contributed by atoms with E-state index >= 15 is 0 Å². The lowest BCUT2D eigenvalue weighted by Gasteiger charge is -2.12. The lowest BCUT2D eigenvalue weighted by atomic mass is 10.1. The van der Waals surface area contributed by atoms with E-state index < -0.39 is 6.10 Å². The number of hydrogen-bond acceptors (Lipinski definition) is 3. The van der Waals surface area contributed by atoms with Crippen LogP contribution in [0.1, 0.15) is 65.7 Å². The van der Waals surface area contributed by atoms with E-state index in [0.717, 1.165) is 19.3 Å². The van der Waals surface area contributed by atoms with Crippen molar-refractivity contribution in [3.8, 4) is 23.7 Å². The Morgan fingerprint density at radius 2 is 1.91 bits per heavy atom. The summed E-state index contributed by atoms with van der Waals surface area (Å²) in [6, 6.07) is 0. The Morgan fingerprint density at radius 3 is 2.55 bits per heavy atom. The first kappa shape index (κ1) is 20.3. The molecule has 0 rings (SSSR count). The summed E-state index contributed by atoms with van der Waals surface area (Å²) in [6.45, 7) is 5.46. The molecular weight excluding hydrogens is 276 g/mol. The molecule has 0 fully saturated rings. The van der Waals surface area contributed by atoms with Gasteiger partial charge < -0.3 is 9.84 Å². The zero-order valence-corrected chi connectivity index (χ0v) is 14.0. The highest BCUT2D eigenvalue weighted by molar-refractivity contribution is 5.66. The summed E-state index contributed by atoms with van der Waals surface area (Å²) in [7, 11) is 0. The smallest absolute Gasteiger partial charge is 0.303 e. The molecule has 0 spiro atoms. The number of ether oxygens (including phenoxy) is 1. The quantitative estimate of drug-likeness (QED) is 0.402. The van der Waals surface area contributed by atoms with Crippen molar-refractivity contribution in [2.45, 2.75) is 77.9 Å². The number of carbonyl (C=O) groups excluding carboxylic acids is 1. The fourth-order valence-electron chi connectivity index (χ4n) is 1.81. The largest absolute Gasteiger partial charge is 0.458 e. The third-order valence-electron chi connectivity index (χ3n) is 3.06. The highest BCUT2D eigenvalue weighted by Crippen LogP contribution is 2.10. The van der Waals surface area contributed by atoms with Crippen molar-refractivity contribution in [1.82, 2.24) is 0 Å². The second-order valence-electron chi connectivity index (χ2n) is 5.17. The highest BCUT2D eigenvalue weighted by atomic mass is 16.5. The van der Waals surface area contributed by atoms with Gasteiger partial charge in [-0.3, -0.25) is 4.79 Å². The molecule has 0 aliphatic carbocycles. The zero-order chi connectivity index (χ0) is 16.6. The molecule has 0 aromatic carbocycles. The molecule has 2 atom stereocenters. The summed E-state index contributed by atoms with van der Waals surface area (Å²) >= 11 is 0. The van der Waals surface area contributed by atoms with Gasteiger partial charge >= 0.3 is 5.97 Å². The van der Waals surface area contributed by atoms with Gasteiger partial charge in [0.25, 0.3) is 0 Å². The third kappa shape index (κ3) is 13.3. The molecular formula is C19H28O3. The number of allylic oxidation sites excluding steroid dienone is 1. The SMILES string of the molecule is CCCCCCC[C@H](/C=C/C#CC#C[C@@H](O)CC)OC(C)=O. The third-order valence-corrected chi connectivity index (χ3v) is 3.06. The summed E-state index contributed by atoms with van der Waals surface area (Å²) in [5, 5.41) is 9.24. The molecule has 0 aromatic rings. The molecule has 0 radical (unpaired) electrons. The van der Waals surface area contributed by atoms with Crippen molar-refractivity contribution in [2.75, 3.05) is 0 Å². The number of unbranched alkanes of at least 4 members (excludes halogenated alkanes) is 4. The Hall–Kier alpha value is -1.71. The van der Waals surface area contributed by atoms with Gasteiger partial charge in [0.15, 0.2) is 0 Å². The van der Waals surface area contributed by atoms with E-state index in [4.69, 9.17) is 4.74 Å². The molecule has 0 saturated heterocycles. The molecule has 0 heterocycles. The predicted octanol–water partition coefficient (Wildman–Crippen LogP) is 3.61. The Labute approximate surface area is 135 Å². The van der Waals surface area contributed by atoms with Gasteiger partial charge in [0, 0.05) is 6.92 Å². The maximum Gasteiger partial charge on any atom is 0.303 e. The molecule has 0 aliphatic rings. The van der Waals surface area contributed by atoms with Crippen LogP contribution in [0.25, 0.3) is 0 Å². The summed E-state index contributed by atoms with van der Waals surface area (Å²) in [6.07, 6.45) is 9.93. The fraction of sp³-hybridized carbons (Fsp3) is 0.632. The van der Waals surface area contributed by atoms with Gasteiger partial charge in [0.05, 0.1) is 0 Å². The van der Waals surface area contributed by atoms with Crippen LogP contribution in [-0.2, 0) is 9.53 Å². The predicted molar refractivity (Wildman–Crippen MR) is 89.9 cm³/mol. The van der Waals surface area contributed by atoms with E-state index in [1.807, 2.05) is 6.92 Å². The van der Waals surface area contributed by atoms with Crippen molar-refractivity contribution in [2.24, 2.45) is 0 Å². The minimum Gasteiger partial charge on any atom is -0.458 e. The molecule has 0 bridgehead atoms. The van der Waals surface area contributed by atoms with E-state index in [1.54, 1.807) is 12.2 Å². The van der Waals surface area contributed by atoms with E-state index in [1.165, 1.54) is 26.2 Å². The van der Waals surface area contributed by atoms with Gasteiger partial charge in [0.2, 0.25) is 0 Å². The van der Waals surface area contributed by atoms with Crippen LogP contribution in [0.3, 0.4) is 0 Å². The highest BCUT2D eigenvalue weighted by Gasteiger charge is 2.07. The Morgan fingerprint density at radius 1 is 1.18 bits per heavy atom. The first-order valence-electron chi connectivity index (χ1n) is 8.13. The summed E-state index contributed by atoms with van der Waals surface area (Å²) in [5.74, 6) is 10.4. The molecule has 0 saturated carbocycles. The maximum atomic E-state index is 11.1. The first-order valence-corrected chi connectivity index (χ1v) is 8.13. The van der Waals surface area contributed by atoms with Crippen LogP contribution in [0.2, 0.25) is 0 Å². The average Bonchev–Trinajstić information content (AvgIpc) is 2.49. The normalized spacial score (nSPS) is 12.7. The number of aliphatic hydroxyl groups is 1. The standard InChI is InChI=1S/C19H28O3/c1-4-6-7-8-12-15-19(22-17(3)20)16-13-10-9-11-14-18(21)5-2/h13,16,18-19,21H,4-8,12,15H2,1-3H3/b16-13+/t18-,19+/m0/s1. The topological polar surface area (TPSA) is 46.5 Å². The Bertz CT molecular complexity index is 443. The molecule has 0 amide bonds. The number of aliphatic hydroxyl groups excluding tert-OH is 1. The van der Waals surface area contributed by atoms with Crippen molar-refractivity contribution in [3.63, 3.8) is 0 Å². The van der Waals surface area contributed by atoms with Crippen LogP contribution in [-0.4, -0.2) is 23.3 Å². The van der Waals surface area contributed by atoms with Crippen LogP contribution in [0, 0.1) is 23.7 Å². The summed E-state index contributed by atoms with van der Waals surface area (Å²) in [4.78, 5) is 11.1. The van der Waals surface area contributed by atoms with Crippen molar-refractivity contribution in [1.29, 1.82) is 0 Å². The van der Waals surface area contributed by atoms with Gasteiger partial charge in [0.1, 0.15) is 12.2 Å². The van der Waals surface area contributed by atoms with E-state index in [0.29, 0.717) is 6.42 Å². The molecule has 22 heavy (non-hydrogen) atoms. The van der Waals surface area contributed by atoms with Crippen LogP contribution in [0.5, 0.6) is 0 Å². The molecule has 1 N–H and O–H groups in total. The minimum atomic E-state index is -0.616. The van der Waals surface area contributed by atoms with E-state index in [-0.39, 0.29) is 12.1 Å². The van der Waals surface area contributed by atoms with Gasteiger partial charge in [-0.05, 0) is 43.3 Å². The van der Waals surface area contributed by atoms with Gasteiger partial charge in [-0.2, -0.15) is 0 Å². The van der Waals surface area contributed by atoms with Crippen LogP contribution < -0.4 is 0 Å². The first-order chi connectivity index (χ1) is 10.6. The van der Waals surface area contributed by atoms with Crippen molar-refractivity contribution < 1.29 is 14.6 Å². The van der Waals surface area contributed by atoms with Crippen LogP contribution in [0.15, 0.2) is 12.2 Å². The average molecular weight is 304 g/mol. The number of hydrogen-bond donors (Lipinski definition) is 1. The molecule has 3 nitrogen and oxygen atoms in total. The second kappa shape index (κ2) is 14.2. The Balaban J connectivity index is 4.27. The lowest BCUT2D eigenvalue weighted by Crippen LogP contribution is -2.13. The van der Waals surface area contributed by atoms with Crippen LogP contribution >= 0.6 is 0 Å². The van der Waals surface area contributed by atoms with Crippen LogP contribution in [0.4, 0.5) is 0 Å². The minimum absolute atomic E-state index is 0.220. The number of rotatable bonds is 9. The fourth-order valence-corrected chi connectivity index (χ4v) is 1.81. The van der Waals surface area contributed by atoms with Crippen molar-refractivity contribution >= 4 is 5.97 Å². The molecule has 122 valence electrons. The maximum absolute atomic E-state index is 11.1. The molecule has 0 unspecified atom stereocenters. The van der Waals surface area contributed by atoms with Gasteiger partial charge in [-0.25, -0.2) is 0 Å². The second-order valence-corrected chi connectivity index (χ2v) is 5.17. The molecule has 0 aromatic heterocycles.